The molecule has 5 heteroatoms. The molecule has 4 nitrogen and oxygen atoms in total. The number of hydrogen-bond donors (Lipinski definition) is 0. The second kappa shape index (κ2) is 6.35. The van der Waals surface area contributed by atoms with Crippen LogP contribution in [0.3, 0.4) is 0 Å². The highest BCUT2D eigenvalue weighted by atomic mass is 32.2. The molecule has 0 spiro atoms. The number of ketones is 1. The molecule has 0 bridgehead atoms. The molecule has 0 saturated heterocycles. The molecule has 0 unspecified atom stereocenters. The average Bonchev–Trinajstić information content (AvgIpc) is 2.39. The van der Waals surface area contributed by atoms with E-state index < -0.39 is 10.0 Å². The number of nitrogens with zero attached hydrogens (tertiary/aromatic N) is 1. The van der Waals surface area contributed by atoms with Crippen molar-refractivity contribution < 1.29 is 13.2 Å². The van der Waals surface area contributed by atoms with Crippen LogP contribution in [0.5, 0.6) is 0 Å². The number of carbonyl (C=O) groups excluding carboxylic acids is 1. The third kappa shape index (κ3) is 4.02. The fourth-order valence-corrected chi connectivity index (χ4v) is 5.11. The first-order valence-electron chi connectivity index (χ1n) is 7.46. The zero-order chi connectivity index (χ0) is 13.9. The van der Waals surface area contributed by atoms with Gasteiger partial charge in [-0.05, 0) is 31.6 Å². The Bertz CT molecular complexity index is 402. The lowest BCUT2D eigenvalue weighted by Crippen LogP contribution is -2.42. The highest BCUT2D eigenvalue weighted by molar-refractivity contribution is 7.89. The summed E-state index contributed by atoms with van der Waals surface area (Å²) < 4.78 is 26.4. The molecule has 0 aromatic heterocycles. The lowest BCUT2D eigenvalue weighted by atomic mass is 9.91. The van der Waals surface area contributed by atoms with Crippen molar-refractivity contribution in [1.29, 1.82) is 0 Å². The topological polar surface area (TPSA) is 54.5 Å². The molecule has 2 rings (SSSR count). The molecule has 0 amide bonds. The fourth-order valence-electron chi connectivity index (χ4n) is 3.28. The van der Waals surface area contributed by atoms with Crippen molar-refractivity contribution in [1.82, 2.24) is 4.31 Å². The summed E-state index contributed by atoms with van der Waals surface area (Å²) in [5, 5.41) is 0. The summed E-state index contributed by atoms with van der Waals surface area (Å²) in [6, 6.07) is 0.0336. The van der Waals surface area contributed by atoms with Crippen LogP contribution in [0.15, 0.2) is 0 Å². The van der Waals surface area contributed by atoms with Crippen molar-refractivity contribution in [2.75, 3.05) is 12.8 Å². The standard InChI is InChI=1S/C14H25NO3S/c1-15(13-7-9-14(16)10-8-13)19(17,18)11-12-5-3-2-4-6-12/h12-13H,2-11H2,1H3. The molecule has 0 atom stereocenters. The maximum absolute atomic E-state index is 12.4. The molecule has 110 valence electrons. The van der Waals surface area contributed by atoms with E-state index >= 15 is 0 Å². The predicted octanol–water partition coefficient (Wildman–Crippen LogP) is 2.34. The summed E-state index contributed by atoms with van der Waals surface area (Å²) in [7, 11) is -1.46. The normalized spacial score (nSPS) is 24.0. The summed E-state index contributed by atoms with van der Waals surface area (Å²) >= 11 is 0. The van der Waals surface area contributed by atoms with Crippen LogP contribution in [0.2, 0.25) is 0 Å². The second-order valence-electron chi connectivity index (χ2n) is 6.07. The van der Waals surface area contributed by atoms with Gasteiger partial charge in [-0.25, -0.2) is 12.7 Å². The quantitative estimate of drug-likeness (QED) is 0.797. The van der Waals surface area contributed by atoms with Crippen LogP contribution in [0.25, 0.3) is 0 Å². The van der Waals surface area contributed by atoms with Gasteiger partial charge in [-0.3, -0.25) is 4.79 Å². The van der Waals surface area contributed by atoms with Crippen LogP contribution in [-0.4, -0.2) is 37.3 Å². The Labute approximate surface area is 116 Å². The van der Waals surface area contributed by atoms with Crippen molar-refractivity contribution in [3.8, 4) is 0 Å². The van der Waals surface area contributed by atoms with E-state index in [1.165, 1.54) is 19.3 Å². The number of sulfonamides is 1. The van der Waals surface area contributed by atoms with E-state index in [1.807, 2.05) is 0 Å². The van der Waals surface area contributed by atoms with Gasteiger partial charge < -0.3 is 0 Å². The van der Waals surface area contributed by atoms with Gasteiger partial charge in [0, 0.05) is 25.9 Å². The van der Waals surface area contributed by atoms with Crippen molar-refractivity contribution in [2.24, 2.45) is 5.92 Å². The van der Waals surface area contributed by atoms with E-state index in [1.54, 1.807) is 11.4 Å². The molecule has 2 aliphatic carbocycles. The third-order valence-electron chi connectivity index (χ3n) is 4.64. The minimum absolute atomic E-state index is 0.0336. The Morgan fingerprint density at radius 2 is 1.63 bits per heavy atom. The number of rotatable bonds is 4. The number of Topliss-reactive ketones (excluding diaryl/α,β-unsaturated/α-hetero) is 1. The Kier molecular flexibility index (Phi) is 5.01. The largest absolute Gasteiger partial charge is 0.300 e. The molecule has 0 aliphatic heterocycles. The minimum Gasteiger partial charge on any atom is -0.300 e. The molecule has 0 aromatic rings. The Hall–Kier alpha value is -0.420. The van der Waals surface area contributed by atoms with Crippen LogP contribution >= 0.6 is 0 Å². The van der Waals surface area contributed by atoms with Gasteiger partial charge in [0.2, 0.25) is 10.0 Å². The van der Waals surface area contributed by atoms with E-state index in [-0.39, 0.29) is 11.8 Å². The monoisotopic (exact) mass is 287 g/mol. The number of hydrogen-bond acceptors (Lipinski definition) is 3. The van der Waals surface area contributed by atoms with Gasteiger partial charge in [-0.15, -0.1) is 0 Å². The Morgan fingerprint density at radius 1 is 1.05 bits per heavy atom. The summed E-state index contributed by atoms with van der Waals surface area (Å²) in [6.07, 6.45) is 8.15. The molecular weight excluding hydrogens is 262 g/mol. The Morgan fingerprint density at radius 3 is 2.21 bits per heavy atom. The third-order valence-corrected chi connectivity index (χ3v) is 6.71. The highest BCUT2D eigenvalue weighted by Gasteiger charge is 2.31. The van der Waals surface area contributed by atoms with E-state index in [4.69, 9.17) is 0 Å². The molecule has 19 heavy (non-hydrogen) atoms. The van der Waals surface area contributed by atoms with Crippen molar-refractivity contribution in [2.45, 2.75) is 63.8 Å². The van der Waals surface area contributed by atoms with Gasteiger partial charge in [-0.1, -0.05) is 19.3 Å². The first-order valence-corrected chi connectivity index (χ1v) is 9.07. The summed E-state index contributed by atoms with van der Waals surface area (Å²) in [5.74, 6) is 0.911. The van der Waals surface area contributed by atoms with E-state index in [0.717, 1.165) is 12.8 Å². The minimum atomic E-state index is -3.15. The lowest BCUT2D eigenvalue weighted by molar-refractivity contribution is -0.120. The number of carbonyl (C=O) groups is 1. The van der Waals surface area contributed by atoms with Gasteiger partial charge in [0.15, 0.2) is 0 Å². The second-order valence-corrected chi connectivity index (χ2v) is 8.14. The molecule has 0 heterocycles. The van der Waals surface area contributed by atoms with E-state index in [2.05, 4.69) is 0 Å². The van der Waals surface area contributed by atoms with Gasteiger partial charge in [-0.2, -0.15) is 0 Å². The van der Waals surface area contributed by atoms with E-state index in [9.17, 15) is 13.2 Å². The zero-order valence-electron chi connectivity index (χ0n) is 11.8. The van der Waals surface area contributed by atoms with Crippen molar-refractivity contribution in [3.63, 3.8) is 0 Å². The van der Waals surface area contributed by atoms with Gasteiger partial charge >= 0.3 is 0 Å². The lowest BCUT2D eigenvalue weighted by Gasteiger charge is -2.31. The average molecular weight is 287 g/mol. The summed E-state index contributed by atoms with van der Waals surface area (Å²) in [5.41, 5.74) is 0. The Balaban J connectivity index is 1.92. The summed E-state index contributed by atoms with van der Waals surface area (Å²) in [6.45, 7) is 0. The maximum Gasteiger partial charge on any atom is 0.214 e. The molecule has 0 aromatic carbocycles. The smallest absolute Gasteiger partial charge is 0.214 e. The van der Waals surface area contributed by atoms with Gasteiger partial charge in [0.05, 0.1) is 5.75 Å². The van der Waals surface area contributed by atoms with Crippen LogP contribution < -0.4 is 0 Å². The van der Waals surface area contributed by atoms with Gasteiger partial charge in [0.25, 0.3) is 0 Å². The molecule has 2 fully saturated rings. The van der Waals surface area contributed by atoms with Crippen LogP contribution in [0, 0.1) is 5.92 Å². The van der Waals surface area contributed by atoms with E-state index in [0.29, 0.717) is 37.4 Å². The fraction of sp³-hybridized carbons (Fsp3) is 0.929. The maximum atomic E-state index is 12.4. The highest BCUT2D eigenvalue weighted by Crippen LogP contribution is 2.28. The van der Waals surface area contributed by atoms with Crippen molar-refractivity contribution in [3.05, 3.63) is 0 Å². The molecule has 2 saturated carbocycles. The summed E-state index contributed by atoms with van der Waals surface area (Å²) in [4.78, 5) is 11.2. The van der Waals surface area contributed by atoms with Crippen LogP contribution in [-0.2, 0) is 14.8 Å². The SMILES string of the molecule is CN(C1CCC(=O)CC1)S(=O)(=O)CC1CCCCC1. The molecule has 0 N–H and O–H groups in total. The first-order chi connectivity index (χ1) is 8.99. The molecular formula is C14H25NO3S. The molecule has 2 aliphatic rings. The molecule has 0 radical (unpaired) electrons. The van der Waals surface area contributed by atoms with Crippen LogP contribution in [0.4, 0.5) is 0 Å². The predicted molar refractivity (Wildman–Crippen MR) is 75.4 cm³/mol. The van der Waals surface area contributed by atoms with Gasteiger partial charge in [0.1, 0.15) is 5.78 Å². The van der Waals surface area contributed by atoms with Crippen molar-refractivity contribution >= 4 is 15.8 Å². The zero-order valence-corrected chi connectivity index (χ0v) is 12.6. The van der Waals surface area contributed by atoms with Crippen LogP contribution in [0.1, 0.15) is 57.8 Å². The first kappa shape index (κ1) is 15.0.